The van der Waals surface area contributed by atoms with E-state index in [1.54, 1.807) is 6.07 Å². The van der Waals surface area contributed by atoms with E-state index in [4.69, 9.17) is 4.74 Å². The molecule has 1 saturated heterocycles. The van der Waals surface area contributed by atoms with Crippen molar-refractivity contribution in [2.24, 2.45) is 5.92 Å². The highest BCUT2D eigenvalue weighted by Crippen LogP contribution is 2.39. The summed E-state index contributed by atoms with van der Waals surface area (Å²) in [6.45, 7) is 4.61. The van der Waals surface area contributed by atoms with E-state index >= 15 is 0 Å². The molecule has 5 nitrogen and oxygen atoms in total. The second-order valence-electron chi connectivity index (χ2n) is 8.06. The predicted octanol–water partition coefficient (Wildman–Crippen LogP) is 4.16. The number of methoxy groups -OCH3 is 1. The number of benzene rings is 1. The van der Waals surface area contributed by atoms with Crippen molar-refractivity contribution in [1.82, 2.24) is 14.5 Å². The zero-order valence-electron chi connectivity index (χ0n) is 16.7. The Morgan fingerprint density at radius 3 is 2.64 bits per heavy atom. The molecule has 1 amide bonds. The number of carbonyl (C=O) groups excluding carboxylic acids is 1. The highest BCUT2D eigenvalue weighted by molar-refractivity contribution is 5.94. The molecule has 1 aliphatic heterocycles. The van der Waals surface area contributed by atoms with E-state index in [0.29, 0.717) is 17.4 Å². The summed E-state index contributed by atoms with van der Waals surface area (Å²) in [6, 6.07) is 4.42. The molecule has 0 bridgehead atoms. The van der Waals surface area contributed by atoms with Crippen molar-refractivity contribution in [3.63, 3.8) is 0 Å². The number of rotatable bonds is 6. The molecule has 4 rings (SSSR count). The smallest absolute Gasteiger partial charge is 0.253 e. The largest absolute Gasteiger partial charge is 0.494 e. The third kappa shape index (κ3) is 3.91. The first-order chi connectivity index (χ1) is 13.6. The van der Waals surface area contributed by atoms with Gasteiger partial charge in [0.1, 0.15) is 5.82 Å². The van der Waals surface area contributed by atoms with Crippen molar-refractivity contribution in [2.75, 3.05) is 20.2 Å². The summed E-state index contributed by atoms with van der Waals surface area (Å²) in [5.74, 6) is 2.11. The van der Waals surface area contributed by atoms with Crippen LogP contribution in [0.4, 0.5) is 4.39 Å². The van der Waals surface area contributed by atoms with E-state index in [1.807, 2.05) is 11.1 Å². The molecule has 150 valence electrons. The normalized spacial score (nSPS) is 17.8. The van der Waals surface area contributed by atoms with E-state index in [9.17, 15) is 9.18 Å². The number of imidazole rings is 1. The Morgan fingerprint density at radius 1 is 1.25 bits per heavy atom. The van der Waals surface area contributed by atoms with Crippen LogP contribution in [0.2, 0.25) is 0 Å². The Morgan fingerprint density at radius 2 is 2.00 bits per heavy atom. The number of carbonyl (C=O) groups is 1. The van der Waals surface area contributed by atoms with E-state index in [0.717, 1.165) is 38.9 Å². The third-order valence-electron chi connectivity index (χ3n) is 6.09. The van der Waals surface area contributed by atoms with Gasteiger partial charge in [-0.25, -0.2) is 9.37 Å². The number of piperidine rings is 1. The molecule has 2 heterocycles. The average Bonchev–Trinajstić information content (AvgIpc) is 3.49. The monoisotopic (exact) mass is 385 g/mol. The van der Waals surface area contributed by atoms with Gasteiger partial charge in [-0.3, -0.25) is 4.79 Å². The number of hydrogen-bond acceptors (Lipinski definition) is 3. The summed E-state index contributed by atoms with van der Waals surface area (Å²) in [6.07, 6.45) is 7.64. The van der Waals surface area contributed by atoms with Crippen LogP contribution in [-0.4, -0.2) is 40.6 Å². The minimum atomic E-state index is -0.495. The fraction of sp³-hybridized carbons (Fsp3) is 0.545. The van der Waals surface area contributed by atoms with Crippen molar-refractivity contribution in [2.45, 2.75) is 51.5 Å². The number of amides is 1. The van der Waals surface area contributed by atoms with Gasteiger partial charge in [-0.1, -0.05) is 0 Å². The van der Waals surface area contributed by atoms with Crippen LogP contribution in [-0.2, 0) is 6.54 Å². The summed E-state index contributed by atoms with van der Waals surface area (Å²) in [7, 11) is 1.42. The predicted molar refractivity (Wildman–Crippen MR) is 105 cm³/mol. The van der Waals surface area contributed by atoms with Gasteiger partial charge in [0.2, 0.25) is 0 Å². The van der Waals surface area contributed by atoms with Crippen molar-refractivity contribution < 1.29 is 13.9 Å². The average molecular weight is 385 g/mol. The second-order valence-corrected chi connectivity index (χ2v) is 8.06. The zero-order chi connectivity index (χ0) is 19.7. The Kier molecular flexibility index (Phi) is 5.38. The van der Waals surface area contributed by atoms with Gasteiger partial charge in [-0.15, -0.1) is 0 Å². The summed E-state index contributed by atoms with van der Waals surface area (Å²) >= 11 is 0. The van der Waals surface area contributed by atoms with Crippen LogP contribution in [0.5, 0.6) is 5.75 Å². The summed E-state index contributed by atoms with van der Waals surface area (Å²) in [4.78, 5) is 19.1. The van der Waals surface area contributed by atoms with Crippen LogP contribution in [0, 0.1) is 18.7 Å². The third-order valence-corrected chi connectivity index (χ3v) is 6.09. The van der Waals surface area contributed by atoms with Crippen LogP contribution < -0.4 is 4.74 Å². The van der Waals surface area contributed by atoms with Crippen molar-refractivity contribution in [3.05, 3.63) is 47.3 Å². The number of aryl methyl sites for hydroxylation is 1. The Hall–Kier alpha value is -2.37. The quantitative estimate of drug-likeness (QED) is 0.750. The maximum Gasteiger partial charge on any atom is 0.253 e. The first kappa shape index (κ1) is 19.0. The SMILES string of the molecule is COc1ccc(C(=O)N2CCC(CCn3c(C)cnc3C3CC3)CC2)cc1F. The molecule has 0 atom stereocenters. The molecule has 0 spiro atoms. The molecule has 1 aliphatic carbocycles. The van der Waals surface area contributed by atoms with Gasteiger partial charge in [0.05, 0.1) is 7.11 Å². The van der Waals surface area contributed by atoms with Crippen LogP contribution in [0.15, 0.2) is 24.4 Å². The molecule has 2 fully saturated rings. The first-order valence-electron chi connectivity index (χ1n) is 10.2. The molecule has 1 saturated carbocycles. The summed E-state index contributed by atoms with van der Waals surface area (Å²) in [5, 5.41) is 0. The topological polar surface area (TPSA) is 47.4 Å². The maximum atomic E-state index is 13.9. The van der Waals surface area contributed by atoms with Gasteiger partial charge >= 0.3 is 0 Å². The lowest BCUT2D eigenvalue weighted by Gasteiger charge is -2.32. The number of ether oxygens (including phenoxy) is 1. The molecule has 28 heavy (non-hydrogen) atoms. The molecular weight excluding hydrogens is 357 g/mol. The zero-order valence-corrected chi connectivity index (χ0v) is 16.7. The molecule has 1 aromatic heterocycles. The lowest BCUT2D eigenvalue weighted by Crippen LogP contribution is -2.38. The second kappa shape index (κ2) is 7.94. The van der Waals surface area contributed by atoms with Crippen LogP contribution in [0.25, 0.3) is 0 Å². The lowest BCUT2D eigenvalue weighted by atomic mass is 9.93. The molecule has 2 aromatic rings. The van der Waals surface area contributed by atoms with Crippen LogP contribution in [0.3, 0.4) is 0 Å². The van der Waals surface area contributed by atoms with Crippen LogP contribution >= 0.6 is 0 Å². The van der Waals surface area contributed by atoms with Crippen molar-refractivity contribution >= 4 is 5.91 Å². The molecule has 0 unspecified atom stereocenters. The fourth-order valence-corrected chi connectivity index (χ4v) is 4.16. The minimum absolute atomic E-state index is 0.0959. The molecule has 0 N–H and O–H groups in total. The van der Waals surface area contributed by atoms with Gasteiger partial charge in [-0.2, -0.15) is 0 Å². The lowest BCUT2D eigenvalue weighted by molar-refractivity contribution is 0.0684. The molecular formula is C22H28FN3O2. The molecule has 1 aromatic carbocycles. The number of likely N-dealkylation sites (tertiary alicyclic amines) is 1. The van der Waals surface area contributed by atoms with E-state index in [-0.39, 0.29) is 11.7 Å². The van der Waals surface area contributed by atoms with E-state index in [2.05, 4.69) is 16.5 Å². The first-order valence-corrected chi connectivity index (χ1v) is 10.2. The minimum Gasteiger partial charge on any atom is -0.494 e. The standard InChI is InChI=1S/C22H28FN3O2/c1-15-14-24-21(17-3-4-17)26(15)12-9-16-7-10-25(11-8-16)22(27)18-5-6-20(28-2)19(23)13-18/h5-6,13-14,16-17H,3-4,7-12H2,1-2H3. The number of hydrogen-bond donors (Lipinski definition) is 0. The number of nitrogens with zero attached hydrogens (tertiary/aromatic N) is 3. The van der Waals surface area contributed by atoms with Crippen molar-refractivity contribution in [1.29, 1.82) is 0 Å². The highest BCUT2D eigenvalue weighted by atomic mass is 19.1. The Labute approximate surface area is 165 Å². The van der Waals surface area contributed by atoms with Gasteiger partial charge in [0, 0.05) is 43.0 Å². The Bertz CT molecular complexity index is 851. The maximum absolute atomic E-state index is 13.9. The van der Waals surface area contributed by atoms with Gasteiger partial charge < -0.3 is 14.2 Å². The van der Waals surface area contributed by atoms with Crippen molar-refractivity contribution in [3.8, 4) is 5.75 Å². The van der Waals surface area contributed by atoms with Crippen LogP contribution in [0.1, 0.15) is 59.9 Å². The summed E-state index contributed by atoms with van der Waals surface area (Å²) in [5.41, 5.74) is 1.64. The van der Waals surface area contributed by atoms with E-state index < -0.39 is 5.82 Å². The number of aromatic nitrogens is 2. The molecule has 0 radical (unpaired) electrons. The van der Waals surface area contributed by atoms with Gasteiger partial charge in [-0.05, 0) is 63.1 Å². The Balaban J connectivity index is 1.30. The molecule has 2 aliphatic rings. The van der Waals surface area contributed by atoms with Gasteiger partial charge in [0.25, 0.3) is 5.91 Å². The highest BCUT2D eigenvalue weighted by Gasteiger charge is 2.29. The van der Waals surface area contributed by atoms with Gasteiger partial charge in [0.15, 0.2) is 11.6 Å². The molecule has 6 heteroatoms. The van der Waals surface area contributed by atoms with E-state index in [1.165, 1.54) is 43.6 Å². The number of halogens is 1. The summed E-state index contributed by atoms with van der Waals surface area (Å²) < 4.78 is 21.2. The fourth-order valence-electron chi connectivity index (χ4n) is 4.16.